The Hall–Kier alpha value is -2.89. The summed E-state index contributed by atoms with van der Waals surface area (Å²) >= 11 is 0. The molecule has 0 amide bonds. The number of rotatable bonds is 4. The van der Waals surface area contributed by atoms with Gasteiger partial charge in [0.15, 0.2) is 5.82 Å². The summed E-state index contributed by atoms with van der Waals surface area (Å²) in [6.45, 7) is 5.84. The molecule has 0 aliphatic carbocycles. The third kappa shape index (κ3) is 3.31. The van der Waals surface area contributed by atoms with Crippen LogP contribution in [-0.2, 0) is 0 Å². The van der Waals surface area contributed by atoms with E-state index in [1.807, 2.05) is 61.9 Å². The predicted molar refractivity (Wildman–Crippen MR) is 89.6 cm³/mol. The van der Waals surface area contributed by atoms with Crippen LogP contribution in [0.15, 0.2) is 36.4 Å². The zero-order valence-electron chi connectivity index (χ0n) is 13.7. The van der Waals surface area contributed by atoms with Gasteiger partial charge in [0.05, 0.1) is 12.8 Å². The fourth-order valence-electron chi connectivity index (χ4n) is 2.41. The minimum Gasteiger partial charge on any atom is -0.497 e. The zero-order valence-corrected chi connectivity index (χ0v) is 13.7. The van der Waals surface area contributed by atoms with Crippen molar-refractivity contribution < 1.29 is 4.74 Å². The van der Waals surface area contributed by atoms with Crippen LogP contribution in [0.2, 0.25) is 0 Å². The van der Waals surface area contributed by atoms with Gasteiger partial charge in [-0.15, -0.1) is 0 Å². The van der Waals surface area contributed by atoms with E-state index in [1.54, 1.807) is 7.11 Å². The van der Waals surface area contributed by atoms with Crippen molar-refractivity contribution in [1.29, 1.82) is 0 Å². The van der Waals surface area contributed by atoms with E-state index in [9.17, 15) is 0 Å². The lowest BCUT2D eigenvalue weighted by molar-refractivity contribution is 0.415. The van der Waals surface area contributed by atoms with Crippen molar-refractivity contribution in [3.8, 4) is 11.6 Å². The highest BCUT2D eigenvalue weighted by molar-refractivity contribution is 5.58. The van der Waals surface area contributed by atoms with Crippen LogP contribution in [0.5, 0.6) is 5.75 Å². The number of ether oxygens (including phenoxy) is 1. The lowest BCUT2D eigenvalue weighted by atomic mass is 10.3. The summed E-state index contributed by atoms with van der Waals surface area (Å²) in [4.78, 5) is 8.92. The summed E-state index contributed by atoms with van der Waals surface area (Å²) in [7, 11) is 1.65. The molecule has 1 N–H and O–H groups in total. The largest absolute Gasteiger partial charge is 0.497 e. The van der Waals surface area contributed by atoms with Gasteiger partial charge in [0.2, 0.25) is 0 Å². The summed E-state index contributed by atoms with van der Waals surface area (Å²) in [5.41, 5.74) is 2.93. The highest BCUT2D eigenvalue weighted by Crippen LogP contribution is 2.20. The molecule has 1 aromatic carbocycles. The van der Waals surface area contributed by atoms with Crippen molar-refractivity contribution in [2.75, 3.05) is 12.4 Å². The lowest BCUT2D eigenvalue weighted by Gasteiger charge is -2.10. The number of benzene rings is 1. The summed E-state index contributed by atoms with van der Waals surface area (Å²) < 4.78 is 6.99. The Morgan fingerprint density at radius 3 is 2.35 bits per heavy atom. The first-order valence-corrected chi connectivity index (χ1v) is 7.35. The van der Waals surface area contributed by atoms with Crippen LogP contribution in [0.25, 0.3) is 5.82 Å². The van der Waals surface area contributed by atoms with Crippen molar-refractivity contribution in [3.05, 3.63) is 53.6 Å². The first kappa shape index (κ1) is 15.0. The molecule has 3 rings (SSSR count). The van der Waals surface area contributed by atoms with Crippen LogP contribution in [-0.4, -0.2) is 26.9 Å². The van der Waals surface area contributed by atoms with Gasteiger partial charge in [0.25, 0.3) is 0 Å². The lowest BCUT2D eigenvalue weighted by Crippen LogP contribution is -2.06. The molecule has 6 nitrogen and oxygen atoms in total. The monoisotopic (exact) mass is 309 g/mol. The standard InChI is InChI=1S/C17H19N5O/c1-11-9-12(2)22(21-11)17-10-16(18-13(3)19-17)20-14-5-7-15(23-4)8-6-14/h5-10H,1-4H3,(H,18,19,20). The van der Waals surface area contributed by atoms with E-state index in [4.69, 9.17) is 4.74 Å². The second-order valence-electron chi connectivity index (χ2n) is 5.35. The van der Waals surface area contributed by atoms with E-state index in [1.165, 1.54) is 0 Å². The van der Waals surface area contributed by atoms with Gasteiger partial charge in [-0.1, -0.05) is 0 Å². The topological polar surface area (TPSA) is 64.9 Å². The highest BCUT2D eigenvalue weighted by atomic mass is 16.5. The molecule has 0 atom stereocenters. The third-order valence-corrected chi connectivity index (χ3v) is 3.41. The van der Waals surface area contributed by atoms with E-state index in [2.05, 4.69) is 20.4 Å². The minimum absolute atomic E-state index is 0.686. The molecule has 3 aromatic rings. The SMILES string of the molecule is COc1ccc(Nc2cc(-n3nc(C)cc3C)nc(C)n2)cc1. The quantitative estimate of drug-likeness (QED) is 0.800. The number of hydrogen-bond acceptors (Lipinski definition) is 5. The Balaban J connectivity index is 1.92. The van der Waals surface area contributed by atoms with Gasteiger partial charge in [-0.25, -0.2) is 14.6 Å². The molecule has 0 unspecified atom stereocenters. The molecule has 0 saturated carbocycles. The average Bonchev–Trinajstić information content (AvgIpc) is 2.86. The second kappa shape index (κ2) is 6.08. The molecule has 118 valence electrons. The molecule has 2 aromatic heterocycles. The first-order valence-electron chi connectivity index (χ1n) is 7.35. The summed E-state index contributed by atoms with van der Waals surface area (Å²) in [5, 5.41) is 7.76. The van der Waals surface area contributed by atoms with Gasteiger partial charge >= 0.3 is 0 Å². The predicted octanol–water partition coefficient (Wildman–Crippen LogP) is 3.34. The fourth-order valence-corrected chi connectivity index (χ4v) is 2.41. The van der Waals surface area contributed by atoms with Crippen molar-refractivity contribution in [1.82, 2.24) is 19.7 Å². The fraction of sp³-hybridized carbons (Fsp3) is 0.235. The van der Waals surface area contributed by atoms with Crippen molar-refractivity contribution in [3.63, 3.8) is 0 Å². The van der Waals surface area contributed by atoms with Crippen molar-refractivity contribution >= 4 is 11.5 Å². The van der Waals surface area contributed by atoms with E-state index in [0.717, 1.165) is 34.5 Å². The highest BCUT2D eigenvalue weighted by Gasteiger charge is 2.08. The number of nitrogens with one attached hydrogen (secondary N) is 1. The van der Waals surface area contributed by atoms with Gasteiger partial charge in [0.1, 0.15) is 17.4 Å². The molecule has 0 bridgehead atoms. The van der Waals surface area contributed by atoms with Crippen LogP contribution >= 0.6 is 0 Å². The molecule has 23 heavy (non-hydrogen) atoms. The number of nitrogens with zero attached hydrogens (tertiary/aromatic N) is 4. The van der Waals surface area contributed by atoms with Crippen molar-refractivity contribution in [2.45, 2.75) is 20.8 Å². The van der Waals surface area contributed by atoms with Gasteiger partial charge in [-0.2, -0.15) is 5.10 Å². The number of hydrogen-bond donors (Lipinski definition) is 1. The van der Waals surface area contributed by atoms with Gasteiger partial charge in [0, 0.05) is 17.4 Å². The second-order valence-corrected chi connectivity index (χ2v) is 5.35. The average molecular weight is 309 g/mol. The van der Waals surface area contributed by atoms with E-state index in [-0.39, 0.29) is 0 Å². The maximum atomic E-state index is 5.17. The molecular weight excluding hydrogens is 290 g/mol. The normalized spacial score (nSPS) is 10.6. The minimum atomic E-state index is 0.686. The van der Waals surface area contributed by atoms with E-state index >= 15 is 0 Å². The van der Waals surface area contributed by atoms with E-state index in [0.29, 0.717) is 5.82 Å². The summed E-state index contributed by atoms with van der Waals surface area (Å²) in [6, 6.07) is 11.6. The first-order chi connectivity index (χ1) is 11.0. The molecule has 0 radical (unpaired) electrons. The Morgan fingerprint density at radius 1 is 1.00 bits per heavy atom. The number of methoxy groups -OCH3 is 1. The molecular formula is C17H19N5O. The maximum absolute atomic E-state index is 5.17. The van der Waals surface area contributed by atoms with Crippen LogP contribution < -0.4 is 10.1 Å². The van der Waals surface area contributed by atoms with E-state index < -0.39 is 0 Å². The smallest absolute Gasteiger partial charge is 0.159 e. The number of aryl methyl sites for hydroxylation is 3. The molecule has 2 heterocycles. The molecule has 0 fully saturated rings. The molecule has 0 aliphatic rings. The molecule has 0 saturated heterocycles. The Kier molecular flexibility index (Phi) is 3.97. The van der Waals surface area contributed by atoms with Crippen LogP contribution in [0.3, 0.4) is 0 Å². The maximum Gasteiger partial charge on any atom is 0.159 e. The van der Waals surface area contributed by atoms with Gasteiger partial charge in [-0.05, 0) is 51.1 Å². The van der Waals surface area contributed by atoms with Crippen LogP contribution in [0.1, 0.15) is 17.2 Å². The third-order valence-electron chi connectivity index (χ3n) is 3.41. The van der Waals surface area contributed by atoms with Crippen LogP contribution in [0, 0.1) is 20.8 Å². The summed E-state index contributed by atoms with van der Waals surface area (Å²) in [5.74, 6) is 2.98. The number of aromatic nitrogens is 4. The van der Waals surface area contributed by atoms with Crippen molar-refractivity contribution in [2.24, 2.45) is 0 Å². The molecule has 0 spiro atoms. The van der Waals surface area contributed by atoms with Crippen LogP contribution in [0.4, 0.5) is 11.5 Å². The van der Waals surface area contributed by atoms with Gasteiger partial charge < -0.3 is 10.1 Å². The van der Waals surface area contributed by atoms with Gasteiger partial charge in [-0.3, -0.25) is 0 Å². The number of anilines is 2. The Labute approximate surface area is 135 Å². The Bertz CT molecular complexity index is 824. The summed E-state index contributed by atoms with van der Waals surface area (Å²) in [6.07, 6.45) is 0. The molecule has 0 aliphatic heterocycles. The zero-order chi connectivity index (χ0) is 16.4. The molecule has 6 heteroatoms. The Morgan fingerprint density at radius 2 is 1.74 bits per heavy atom.